The van der Waals surface area contributed by atoms with Gasteiger partial charge in [-0.3, -0.25) is 10.2 Å². The van der Waals surface area contributed by atoms with E-state index >= 15 is 0 Å². The molecule has 0 fully saturated rings. The number of hydrazine groups is 1. The van der Waals surface area contributed by atoms with Crippen LogP contribution >= 0.6 is 0 Å². The Morgan fingerprint density at radius 2 is 2.00 bits per heavy atom. The zero-order valence-corrected chi connectivity index (χ0v) is 11.2. The highest BCUT2D eigenvalue weighted by atomic mass is 16.3. The van der Waals surface area contributed by atoms with E-state index in [0.717, 1.165) is 11.3 Å². The molecule has 0 aliphatic heterocycles. The Morgan fingerprint density at radius 3 is 2.70 bits per heavy atom. The predicted molar refractivity (Wildman–Crippen MR) is 78.3 cm³/mol. The molecule has 2 aromatic carbocycles. The summed E-state index contributed by atoms with van der Waals surface area (Å²) in [5, 5.41) is 9.50. The molecule has 2 aromatic rings. The number of anilines is 1. The fraction of sp³-hybridized carbons (Fsp3) is 0.133. The third kappa shape index (κ3) is 3.07. The number of carbonyl (C=O) groups excluding carboxylic acids is 1. The molecule has 0 unspecified atom stereocenters. The summed E-state index contributed by atoms with van der Waals surface area (Å²) >= 11 is 0. The summed E-state index contributed by atoms with van der Waals surface area (Å²) in [6, 6.07) is 14.2. The Bertz CT molecular complexity index is 614. The van der Waals surface area contributed by atoms with Crippen LogP contribution in [0, 0.1) is 0 Å². The summed E-state index contributed by atoms with van der Waals surface area (Å²) in [4.78, 5) is 13.7. The molecule has 0 atom stereocenters. The van der Waals surface area contributed by atoms with Crippen LogP contribution < -0.4 is 16.2 Å². The van der Waals surface area contributed by atoms with E-state index in [9.17, 15) is 9.90 Å². The molecule has 0 aliphatic carbocycles. The van der Waals surface area contributed by atoms with Crippen LogP contribution in [0.1, 0.15) is 15.9 Å². The first kappa shape index (κ1) is 13.9. The number of rotatable bonds is 4. The maximum absolute atomic E-state index is 11.7. The normalized spacial score (nSPS) is 10.1. The van der Waals surface area contributed by atoms with Crippen LogP contribution in [0.3, 0.4) is 0 Å². The highest BCUT2D eigenvalue weighted by Crippen LogP contribution is 2.21. The number of hydrogen-bond donors (Lipinski definition) is 3. The molecule has 0 saturated heterocycles. The van der Waals surface area contributed by atoms with Gasteiger partial charge in [0.2, 0.25) is 0 Å². The second-order valence-corrected chi connectivity index (χ2v) is 4.51. The largest absolute Gasteiger partial charge is 0.508 e. The molecule has 2 rings (SSSR count). The van der Waals surface area contributed by atoms with Gasteiger partial charge in [-0.1, -0.05) is 24.3 Å². The van der Waals surface area contributed by atoms with Crippen LogP contribution in [0.15, 0.2) is 48.5 Å². The van der Waals surface area contributed by atoms with Crippen LogP contribution in [0.4, 0.5) is 5.69 Å². The van der Waals surface area contributed by atoms with Crippen molar-refractivity contribution in [3.63, 3.8) is 0 Å². The average Bonchev–Trinajstić information content (AvgIpc) is 2.47. The van der Waals surface area contributed by atoms with E-state index in [1.807, 2.05) is 30.1 Å². The van der Waals surface area contributed by atoms with E-state index in [1.165, 1.54) is 0 Å². The molecule has 0 heterocycles. The lowest BCUT2D eigenvalue weighted by Crippen LogP contribution is -2.31. The minimum Gasteiger partial charge on any atom is -0.508 e. The van der Waals surface area contributed by atoms with Gasteiger partial charge in [0, 0.05) is 30.9 Å². The lowest BCUT2D eigenvalue weighted by atomic mass is 10.1. The summed E-state index contributed by atoms with van der Waals surface area (Å²) in [5.74, 6) is 5.08. The number of phenolic OH excluding ortho intramolecular Hbond substituents is 1. The number of aromatic hydroxyl groups is 1. The van der Waals surface area contributed by atoms with Gasteiger partial charge >= 0.3 is 0 Å². The molecule has 0 radical (unpaired) electrons. The number of phenols is 1. The van der Waals surface area contributed by atoms with Crippen molar-refractivity contribution in [2.75, 3.05) is 11.9 Å². The van der Waals surface area contributed by atoms with Crippen molar-refractivity contribution in [1.82, 2.24) is 5.43 Å². The summed E-state index contributed by atoms with van der Waals surface area (Å²) in [7, 11) is 1.89. The standard InChI is InChI=1S/C15H17N3O2/c1-18(12-6-4-7-13(19)9-12)10-11-5-2-3-8-14(11)15(20)17-16/h2-9,19H,10,16H2,1H3,(H,17,20). The Kier molecular flexibility index (Phi) is 4.22. The zero-order chi connectivity index (χ0) is 14.5. The molecule has 20 heavy (non-hydrogen) atoms. The highest BCUT2D eigenvalue weighted by molar-refractivity contribution is 5.95. The van der Waals surface area contributed by atoms with Crippen molar-refractivity contribution < 1.29 is 9.90 Å². The number of hydrogen-bond acceptors (Lipinski definition) is 4. The fourth-order valence-electron chi connectivity index (χ4n) is 2.03. The lowest BCUT2D eigenvalue weighted by molar-refractivity contribution is 0.0952. The molecule has 1 amide bonds. The third-order valence-electron chi connectivity index (χ3n) is 3.07. The number of amides is 1. The van der Waals surface area contributed by atoms with E-state index < -0.39 is 0 Å². The Balaban J connectivity index is 2.24. The molecule has 0 aromatic heterocycles. The lowest BCUT2D eigenvalue weighted by Gasteiger charge is -2.21. The van der Waals surface area contributed by atoms with E-state index in [2.05, 4.69) is 5.43 Å². The number of nitrogen functional groups attached to an aromatic ring is 1. The first-order valence-corrected chi connectivity index (χ1v) is 6.21. The van der Waals surface area contributed by atoms with Gasteiger partial charge in [0.1, 0.15) is 5.75 Å². The fourth-order valence-corrected chi connectivity index (χ4v) is 2.03. The van der Waals surface area contributed by atoms with Gasteiger partial charge in [0.15, 0.2) is 0 Å². The van der Waals surface area contributed by atoms with E-state index in [-0.39, 0.29) is 11.7 Å². The van der Waals surface area contributed by atoms with Crippen molar-refractivity contribution in [3.8, 4) is 5.75 Å². The summed E-state index contributed by atoms with van der Waals surface area (Å²) in [6.07, 6.45) is 0. The quantitative estimate of drug-likeness (QED) is 0.448. The minimum absolute atomic E-state index is 0.210. The van der Waals surface area contributed by atoms with Gasteiger partial charge in [-0.15, -0.1) is 0 Å². The summed E-state index contributed by atoms with van der Waals surface area (Å²) < 4.78 is 0. The molecular formula is C15H17N3O2. The molecule has 0 saturated carbocycles. The number of nitrogens with two attached hydrogens (primary N) is 1. The Hall–Kier alpha value is -2.53. The number of nitrogens with one attached hydrogen (secondary N) is 1. The molecule has 0 aliphatic rings. The van der Waals surface area contributed by atoms with Crippen molar-refractivity contribution >= 4 is 11.6 Å². The van der Waals surface area contributed by atoms with E-state index in [0.29, 0.717) is 12.1 Å². The first-order valence-electron chi connectivity index (χ1n) is 6.21. The second kappa shape index (κ2) is 6.08. The Labute approximate surface area is 117 Å². The predicted octanol–water partition coefficient (Wildman–Crippen LogP) is 1.63. The van der Waals surface area contributed by atoms with Crippen molar-refractivity contribution in [3.05, 3.63) is 59.7 Å². The van der Waals surface area contributed by atoms with Crippen LogP contribution in [-0.4, -0.2) is 18.1 Å². The molecule has 0 bridgehead atoms. The third-order valence-corrected chi connectivity index (χ3v) is 3.07. The van der Waals surface area contributed by atoms with Gasteiger partial charge in [-0.2, -0.15) is 0 Å². The maximum atomic E-state index is 11.7. The molecule has 5 nitrogen and oxygen atoms in total. The minimum atomic E-state index is -0.315. The molecule has 0 spiro atoms. The van der Waals surface area contributed by atoms with Gasteiger partial charge < -0.3 is 10.0 Å². The van der Waals surface area contributed by atoms with Crippen LogP contribution in [0.2, 0.25) is 0 Å². The monoisotopic (exact) mass is 271 g/mol. The maximum Gasteiger partial charge on any atom is 0.265 e. The SMILES string of the molecule is CN(Cc1ccccc1C(=O)NN)c1cccc(O)c1. The number of nitrogens with zero attached hydrogens (tertiary/aromatic N) is 1. The summed E-state index contributed by atoms with van der Waals surface area (Å²) in [5.41, 5.74) is 4.42. The van der Waals surface area contributed by atoms with Crippen LogP contribution in [0.5, 0.6) is 5.75 Å². The van der Waals surface area contributed by atoms with Crippen molar-refractivity contribution in [1.29, 1.82) is 0 Å². The van der Waals surface area contributed by atoms with Crippen molar-refractivity contribution in [2.24, 2.45) is 5.84 Å². The smallest absolute Gasteiger partial charge is 0.265 e. The number of benzene rings is 2. The topological polar surface area (TPSA) is 78.6 Å². The van der Waals surface area contributed by atoms with Crippen molar-refractivity contribution in [2.45, 2.75) is 6.54 Å². The second-order valence-electron chi connectivity index (χ2n) is 4.51. The van der Waals surface area contributed by atoms with Gasteiger partial charge in [-0.25, -0.2) is 5.84 Å². The molecule has 5 heteroatoms. The van der Waals surface area contributed by atoms with Gasteiger partial charge in [0.05, 0.1) is 0 Å². The van der Waals surface area contributed by atoms with Crippen LogP contribution in [0.25, 0.3) is 0 Å². The zero-order valence-electron chi connectivity index (χ0n) is 11.2. The van der Waals surface area contributed by atoms with Gasteiger partial charge in [0.25, 0.3) is 5.91 Å². The average molecular weight is 271 g/mol. The molecule has 4 N–H and O–H groups in total. The highest BCUT2D eigenvalue weighted by Gasteiger charge is 2.11. The van der Waals surface area contributed by atoms with E-state index in [1.54, 1.807) is 30.3 Å². The molecule has 104 valence electrons. The summed E-state index contributed by atoms with van der Waals surface area (Å²) in [6.45, 7) is 0.535. The van der Waals surface area contributed by atoms with Gasteiger partial charge in [-0.05, 0) is 23.8 Å². The Morgan fingerprint density at radius 1 is 1.25 bits per heavy atom. The van der Waals surface area contributed by atoms with E-state index in [4.69, 9.17) is 5.84 Å². The molecular weight excluding hydrogens is 254 g/mol. The first-order chi connectivity index (χ1) is 9.61. The van der Waals surface area contributed by atoms with Crippen LogP contribution in [-0.2, 0) is 6.54 Å². The number of carbonyl (C=O) groups is 1.